The number of likely N-dealkylation sites (tertiary alicyclic amines) is 1. The second kappa shape index (κ2) is 10.7. The third kappa shape index (κ3) is 4.95. The predicted molar refractivity (Wildman–Crippen MR) is 140 cm³/mol. The van der Waals surface area contributed by atoms with Gasteiger partial charge in [0.05, 0.1) is 48.0 Å². The minimum atomic E-state index is -0.665. The Balaban J connectivity index is 1.50. The van der Waals surface area contributed by atoms with E-state index >= 15 is 0 Å². The molecule has 2 aliphatic rings. The van der Waals surface area contributed by atoms with Crippen LogP contribution in [0.15, 0.2) is 66.4 Å². The number of ether oxygens (including phenoxy) is 1. The largest absolute Gasteiger partial charge is 0.507 e. The van der Waals surface area contributed by atoms with Gasteiger partial charge in [-0.05, 0) is 38.0 Å². The number of morpholine rings is 1. The number of aromatic nitrogens is 2. The van der Waals surface area contributed by atoms with E-state index in [-0.39, 0.29) is 11.3 Å². The molecular weight excluding hydrogens is 468 g/mol. The van der Waals surface area contributed by atoms with E-state index in [1.165, 1.54) is 0 Å². The van der Waals surface area contributed by atoms with Crippen LogP contribution in [0.2, 0.25) is 0 Å². The molecule has 8 nitrogen and oxygen atoms in total. The van der Waals surface area contributed by atoms with Gasteiger partial charge in [0, 0.05) is 26.2 Å². The molecule has 8 heteroatoms. The van der Waals surface area contributed by atoms with Crippen molar-refractivity contribution in [2.45, 2.75) is 26.3 Å². The third-order valence-electron chi connectivity index (χ3n) is 7.18. The van der Waals surface area contributed by atoms with Crippen molar-refractivity contribution in [2.75, 3.05) is 39.4 Å². The van der Waals surface area contributed by atoms with Gasteiger partial charge in [-0.2, -0.15) is 5.10 Å². The maximum Gasteiger partial charge on any atom is 0.295 e. The minimum absolute atomic E-state index is 0.107. The first-order chi connectivity index (χ1) is 18.0. The van der Waals surface area contributed by atoms with Gasteiger partial charge >= 0.3 is 0 Å². The monoisotopic (exact) mass is 500 g/mol. The van der Waals surface area contributed by atoms with E-state index < -0.39 is 17.7 Å². The molecule has 2 fully saturated rings. The fraction of sp³-hybridized carbons (Fsp3) is 0.345. The summed E-state index contributed by atoms with van der Waals surface area (Å²) >= 11 is 0. The average Bonchev–Trinajstić information content (AvgIpc) is 3.42. The summed E-state index contributed by atoms with van der Waals surface area (Å²) in [6.45, 7) is 8.22. The second-order valence-electron chi connectivity index (χ2n) is 9.60. The minimum Gasteiger partial charge on any atom is -0.507 e. The number of ketones is 1. The lowest BCUT2D eigenvalue weighted by molar-refractivity contribution is -0.140. The van der Waals surface area contributed by atoms with E-state index in [1.807, 2.05) is 68.4 Å². The van der Waals surface area contributed by atoms with Crippen molar-refractivity contribution < 1.29 is 19.4 Å². The van der Waals surface area contributed by atoms with Crippen LogP contribution >= 0.6 is 0 Å². The van der Waals surface area contributed by atoms with Crippen LogP contribution in [0.3, 0.4) is 0 Å². The maximum atomic E-state index is 13.4. The number of rotatable bonds is 7. The fourth-order valence-electron chi connectivity index (χ4n) is 5.11. The molecule has 1 aromatic heterocycles. The number of Topliss-reactive ketones (excluding diaryl/α,β-unsaturated/α-hetero) is 1. The van der Waals surface area contributed by atoms with Gasteiger partial charge in [-0.15, -0.1) is 0 Å². The molecule has 0 radical (unpaired) electrons. The molecule has 2 saturated heterocycles. The summed E-state index contributed by atoms with van der Waals surface area (Å²) in [6.07, 6.45) is 2.27. The average molecular weight is 501 g/mol. The number of aryl methyl sites for hydroxylation is 1. The zero-order valence-electron chi connectivity index (χ0n) is 21.3. The number of nitrogens with zero attached hydrogens (tertiary/aromatic N) is 4. The van der Waals surface area contributed by atoms with Crippen LogP contribution in [0.1, 0.15) is 34.8 Å². The molecule has 1 N–H and O–H groups in total. The quantitative estimate of drug-likeness (QED) is 0.303. The summed E-state index contributed by atoms with van der Waals surface area (Å²) < 4.78 is 7.14. The standard InChI is InChI=1S/C29H32N4O4/c1-20-9-11-22(12-10-20)26-25(27(34)24-19-30-33(21(24)2)23-7-4-3-5-8-23)28(35)29(36)32(26)14-6-13-31-15-17-37-18-16-31/h3-5,7-12,19,26,34H,6,13-18H2,1-2H3/t26-/m0/s1. The van der Waals surface area contributed by atoms with Gasteiger partial charge in [0.2, 0.25) is 0 Å². The Hall–Kier alpha value is -3.75. The Morgan fingerprint density at radius 1 is 1.00 bits per heavy atom. The number of para-hydroxylation sites is 1. The first-order valence-electron chi connectivity index (χ1n) is 12.7. The molecule has 0 saturated carbocycles. The summed E-state index contributed by atoms with van der Waals surface area (Å²) in [7, 11) is 0. The van der Waals surface area contributed by atoms with Crippen LogP contribution in [0.5, 0.6) is 0 Å². The molecular formula is C29H32N4O4. The highest BCUT2D eigenvalue weighted by Gasteiger charge is 2.46. The van der Waals surface area contributed by atoms with Gasteiger partial charge in [-0.25, -0.2) is 4.68 Å². The topological polar surface area (TPSA) is 87.9 Å². The van der Waals surface area contributed by atoms with Crippen molar-refractivity contribution in [3.8, 4) is 5.69 Å². The molecule has 0 unspecified atom stereocenters. The van der Waals surface area contributed by atoms with Gasteiger partial charge in [-0.3, -0.25) is 14.5 Å². The first-order valence-corrected chi connectivity index (χ1v) is 12.7. The Morgan fingerprint density at radius 2 is 1.70 bits per heavy atom. The Kier molecular flexibility index (Phi) is 7.21. The molecule has 3 heterocycles. The van der Waals surface area contributed by atoms with E-state index in [2.05, 4.69) is 10.00 Å². The summed E-state index contributed by atoms with van der Waals surface area (Å²) in [4.78, 5) is 30.6. The Morgan fingerprint density at radius 3 is 2.41 bits per heavy atom. The van der Waals surface area contributed by atoms with Crippen molar-refractivity contribution in [1.29, 1.82) is 0 Å². The van der Waals surface area contributed by atoms with E-state index in [4.69, 9.17) is 4.74 Å². The zero-order chi connectivity index (χ0) is 25.9. The number of carbonyl (C=O) groups is 2. The third-order valence-corrected chi connectivity index (χ3v) is 7.18. The van der Waals surface area contributed by atoms with E-state index in [0.29, 0.717) is 31.0 Å². The van der Waals surface area contributed by atoms with E-state index in [9.17, 15) is 14.7 Å². The van der Waals surface area contributed by atoms with Gasteiger partial charge in [0.25, 0.3) is 11.7 Å². The highest BCUT2D eigenvalue weighted by atomic mass is 16.5. The summed E-state index contributed by atoms with van der Waals surface area (Å²) in [6, 6.07) is 16.7. The fourth-order valence-corrected chi connectivity index (χ4v) is 5.11. The van der Waals surface area contributed by atoms with Crippen molar-refractivity contribution in [2.24, 2.45) is 0 Å². The van der Waals surface area contributed by atoms with Crippen LogP contribution in [-0.4, -0.2) is 75.8 Å². The first kappa shape index (κ1) is 24.9. The van der Waals surface area contributed by atoms with Crippen molar-refractivity contribution in [3.63, 3.8) is 0 Å². The number of hydrogen-bond acceptors (Lipinski definition) is 6. The number of benzene rings is 2. The highest BCUT2D eigenvalue weighted by Crippen LogP contribution is 2.40. The van der Waals surface area contributed by atoms with Gasteiger partial charge in [0.1, 0.15) is 5.76 Å². The summed E-state index contributed by atoms with van der Waals surface area (Å²) in [5.41, 5.74) is 3.95. The molecule has 5 rings (SSSR count). The number of carbonyl (C=O) groups excluding carboxylic acids is 2. The molecule has 1 amide bonds. The smallest absolute Gasteiger partial charge is 0.295 e. The molecule has 192 valence electrons. The van der Waals surface area contributed by atoms with Crippen molar-refractivity contribution in [3.05, 3.63) is 88.8 Å². The van der Waals surface area contributed by atoms with Crippen molar-refractivity contribution >= 4 is 17.4 Å². The normalized spacial score (nSPS) is 20.1. The molecule has 0 spiro atoms. The van der Waals surface area contributed by atoms with Crippen LogP contribution in [-0.2, 0) is 14.3 Å². The summed E-state index contributed by atoms with van der Waals surface area (Å²) in [5, 5.41) is 15.9. The number of amides is 1. The molecule has 37 heavy (non-hydrogen) atoms. The highest BCUT2D eigenvalue weighted by molar-refractivity contribution is 6.46. The summed E-state index contributed by atoms with van der Waals surface area (Å²) in [5.74, 6) is -1.44. The van der Waals surface area contributed by atoms with E-state index in [1.54, 1.807) is 15.8 Å². The molecule has 2 aromatic carbocycles. The van der Waals surface area contributed by atoms with Crippen LogP contribution < -0.4 is 0 Å². The molecule has 0 bridgehead atoms. The number of aliphatic hydroxyl groups is 1. The van der Waals surface area contributed by atoms with Gasteiger partial charge < -0.3 is 14.7 Å². The SMILES string of the molecule is Cc1ccc([C@H]2C(=C(O)c3cnn(-c4ccccc4)c3C)C(=O)C(=O)N2CCCN2CCOCC2)cc1. The van der Waals surface area contributed by atoms with E-state index in [0.717, 1.165) is 42.9 Å². The number of hydrogen-bond donors (Lipinski definition) is 1. The molecule has 1 atom stereocenters. The zero-order valence-corrected chi connectivity index (χ0v) is 21.3. The Labute approximate surface area is 216 Å². The van der Waals surface area contributed by atoms with Crippen molar-refractivity contribution in [1.82, 2.24) is 19.6 Å². The lowest BCUT2D eigenvalue weighted by atomic mass is 9.95. The molecule has 2 aliphatic heterocycles. The second-order valence-corrected chi connectivity index (χ2v) is 9.60. The Bertz CT molecular complexity index is 1310. The van der Waals surface area contributed by atoms with Crippen LogP contribution in [0, 0.1) is 13.8 Å². The molecule has 3 aromatic rings. The van der Waals surface area contributed by atoms with Crippen LogP contribution in [0.4, 0.5) is 0 Å². The maximum absolute atomic E-state index is 13.4. The lowest BCUT2D eigenvalue weighted by Crippen LogP contribution is -2.38. The predicted octanol–water partition coefficient (Wildman–Crippen LogP) is 3.63. The molecule has 0 aliphatic carbocycles. The van der Waals surface area contributed by atoms with Crippen LogP contribution in [0.25, 0.3) is 11.4 Å². The van der Waals surface area contributed by atoms with Gasteiger partial charge in [0.15, 0.2) is 0 Å². The number of aliphatic hydroxyl groups excluding tert-OH is 1. The van der Waals surface area contributed by atoms with Gasteiger partial charge in [-0.1, -0.05) is 48.0 Å². The lowest BCUT2D eigenvalue weighted by Gasteiger charge is -2.29.